The van der Waals surface area contributed by atoms with Crippen LogP contribution in [0.3, 0.4) is 0 Å². The summed E-state index contributed by atoms with van der Waals surface area (Å²) in [5.74, 6) is 0. The maximum Gasteiger partial charge on any atom is 0.410 e. The first kappa shape index (κ1) is 21.7. The second kappa shape index (κ2) is 10.7. The predicted molar refractivity (Wildman–Crippen MR) is 125 cm³/mol. The van der Waals surface area contributed by atoms with Gasteiger partial charge in [0.15, 0.2) is 0 Å². The largest absolute Gasteiger partial charge is 0.445 e. The number of hydrogen-bond acceptors (Lipinski definition) is 4. The van der Waals surface area contributed by atoms with Gasteiger partial charge in [-0.2, -0.15) is 0 Å². The molecule has 2 aliphatic heterocycles. The van der Waals surface area contributed by atoms with Crippen LogP contribution < -0.4 is 4.90 Å². The molecule has 1 atom stereocenters. The number of piperidine rings is 1. The lowest BCUT2D eigenvalue weighted by molar-refractivity contribution is 0.0679. The molecule has 0 aromatic heterocycles. The van der Waals surface area contributed by atoms with Crippen LogP contribution in [0.25, 0.3) is 0 Å². The van der Waals surface area contributed by atoms with Crippen molar-refractivity contribution in [3.63, 3.8) is 0 Å². The van der Waals surface area contributed by atoms with E-state index in [1.54, 1.807) is 0 Å². The van der Waals surface area contributed by atoms with Crippen molar-refractivity contribution in [3.05, 3.63) is 65.7 Å². The molecule has 5 heteroatoms. The number of carbonyl (C=O) groups is 1. The molecule has 0 bridgehead atoms. The van der Waals surface area contributed by atoms with E-state index in [0.29, 0.717) is 6.61 Å². The number of nitrogens with zero attached hydrogens (tertiary/aromatic N) is 3. The zero-order valence-electron chi connectivity index (χ0n) is 18.7. The Labute approximate surface area is 186 Å². The molecule has 2 aromatic rings. The third-order valence-electron chi connectivity index (χ3n) is 6.50. The number of likely N-dealkylation sites (tertiary alicyclic amines) is 1. The third-order valence-corrected chi connectivity index (χ3v) is 6.50. The molecule has 2 heterocycles. The minimum absolute atomic E-state index is 0.104. The summed E-state index contributed by atoms with van der Waals surface area (Å²) < 4.78 is 5.64. The van der Waals surface area contributed by atoms with Crippen molar-refractivity contribution in [2.45, 2.75) is 45.3 Å². The lowest BCUT2D eigenvalue weighted by Gasteiger charge is -2.37. The molecule has 4 rings (SSSR count). The average molecular weight is 422 g/mol. The highest BCUT2D eigenvalue weighted by Gasteiger charge is 2.29. The summed E-state index contributed by atoms with van der Waals surface area (Å²) in [6.07, 6.45) is 4.20. The minimum atomic E-state index is -0.204. The summed E-state index contributed by atoms with van der Waals surface area (Å²) in [7, 11) is 0. The summed E-state index contributed by atoms with van der Waals surface area (Å²) in [4.78, 5) is 19.8. The Balaban J connectivity index is 1.37. The molecule has 2 aliphatic rings. The number of carbonyl (C=O) groups excluding carboxylic acids is 1. The van der Waals surface area contributed by atoms with Gasteiger partial charge >= 0.3 is 6.09 Å². The van der Waals surface area contributed by atoms with Crippen molar-refractivity contribution in [1.29, 1.82) is 0 Å². The Morgan fingerprint density at radius 3 is 2.39 bits per heavy atom. The van der Waals surface area contributed by atoms with Gasteiger partial charge in [0.1, 0.15) is 6.61 Å². The van der Waals surface area contributed by atoms with E-state index in [1.165, 1.54) is 24.2 Å². The maximum absolute atomic E-state index is 12.8. The fourth-order valence-electron chi connectivity index (χ4n) is 4.75. The second-order valence-corrected chi connectivity index (χ2v) is 8.67. The van der Waals surface area contributed by atoms with E-state index < -0.39 is 0 Å². The number of anilines is 1. The van der Waals surface area contributed by atoms with Gasteiger partial charge in [-0.15, -0.1) is 0 Å². The molecule has 1 amide bonds. The molecule has 2 fully saturated rings. The van der Waals surface area contributed by atoms with E-state index >= 15 is 0 Å². The molecule has 1 unspecified atom stereocenters. The summed E-state index contributed by atoms with van der Waals surface area (Å²) >= 11 is 0. The highest BCUT2D eigenvalue weighted by molar-refractivity contribution is 5.68. The lowest BCUT2D eigenvalue weighted by Crippen LogP contribution is -2.46. The molecule has 0 spiro atoms. The number of benzene rings is 2. The van der Waals surface area contributed by atoms with Gasteiger partial charge in [-0.05, 0) is 55.5 Å². The molecular weight excluding hydrogens is 386 g/mol. The fourth-order valence-corrected chi connectivity index (χ4v) is 4.75. The molecule has 2 aromatic carbocycles. The Bertz CT molecular complexity index is 816. The van der Waals surface area contributed by atoms with Crippen LogP contribution >= 0.6 is 0 Å². The Kier molecular flexibility index (Phi) is 7.47. The van der Waals surface area contributed by atoms with E-state index in [4.69, 9.17) is 4.74 Å². The van der Waals surface area contributed by atoms with Gasteiger partial charge in [0.2, 0.25) is 0 Å². The zero-order valence-corrected chi connectivity index (χ0v) is 18.7. The standard InChI is InChI=1S/C26H35N3O2/c1-2-15-27-17-19-28(20-18-27)24-13-11-23(12-14-24)25-10-6-7-16-29(25)26(30)31-21-22-8-4-3-5-9-22/h3-5,8-9,11-14,25H,2,6-7,10,15-21H2,1H3. The SMILES string of the molecule is CCCN1CCN(c2ccc(C3CCCCN3C(=O)OCc3ccccc3)cc2)CC1. The van der Waals surface area contributed by atoms with Gasteiger partial charge in [-0.3, -0.25) is 4.90 Å². The molecule has 0 N–H and O–H groups in total. The van der Waals surface area contributed by atoms with Gasteiger partial charge in [0.05, 0.1) is 6.04 Å². The second-order valence-electron chi connectivity index (χ2n) is 8.67. The average Bonchev–Trinajstić information content (AvgIpc) is 2.84. The molecule has 0 radical (unpaired) electrons. The van der Waals surface area contributed by atoms with Crippen molar-refractivity contribution >= 4 is 11.8 Å². The monoisotopic (exact) mass is 421 g/mol. The van der Waals surface area contributed by atoms with Crippen molar-refractivity contribution in [2.24, 2.45) is 0 Å². The molecule has 0 saturated carbocycles. The van der Waals surface area contributed by atoms with E-state index in [1.807, 2.05) is 35.2 Å². The van der Waals surface area contributed by atoms with Crippen LogP contribution in [-0.2, 0) is 11.3 Å². The van der Waals surface area contributed by atoms with Gasteiger partial charge in [0, 0.05) is 38.4 Å². The summed E-state index contributed by atoms with van der Waals surface area (Å²) in [6.45, 7) is 8.98. The maximum atomic E-state index is 12.8. The number of ether oxygens (including phenoxy) is 1. The van der Waals surface area contributed by atoms with Crippen LogP contribution in [0.2, 0.25) is 0 Å². The normalized spacial score (nSPS) is 20.0. The van der Waals surface area contributed by atoms with E-state index in [0.717, 1.165) is 57.5 Å². The number of hydrogen-bond donors (Lipinski definition) is 0. The fraction of sp³-hybridized carbons (Fsp3) is 0.500. The highest BCUT2D eigenvalue weighted by atomic mass is 16.6. The van der Waals surface area contributed by atoms with Crippen LogP contribution in [0.15, 0.2) is 54.6 Å². The zero-order chi connectivity index (χ0) is 21.5. The predicted octanol–water partition coefficient (Wildman–Crippen LogP) is 5.08. The van der Waals surface area contributed by atoms with Crippen LogP contribution in [0, 0.1) is 0 Å². The Morgan fingerprint density at radius 2 is 1.68 bits per heavy atom. The minimum Gasteiger partial charge on any atom is -0.445 e. The van der Waals surface area contributed by atoms with E-state index in [-0.39, 0.29) is 12.1 Å². The first-order chi connectivity index (χ1) is 15.2. The van der Waals surface area contributed by atoms with E-state index in [9.17, 15) is 4.79 Å². The highest BCUT2D eigenvalue weighted by Crippen LogP contribution is 2.32. The number of rotatable bonds is 6. The van der Waals surface area contributed by atoms with Crippen LogP contribution in [0.4, 0.5) is 10.5 Å². The van der Waals surface area contributed by atoms with Crippen molar-refractivity contribution < 1.29 is 9.53 Å². The summed E-state index contributed by atoms with van der Waals surface area (Å²) in [5.41, 5.74) is 3.52. The molecular formula is C26H35N3O2. The van der Waals surface area contributed by atoms with Crippen LogP contribution in [-0.4, -0.2) is 55.2 Å². The van der Waals surface area contributed by atoms with E-state index in [2.05, 4.69) is 41.0 Å². The van der Waals surface area contributed by atoms with Crippen molar-refractivity contribution in [3.8, 4) is 0 Å². The summed E-state index contributed by atoms with van der Waals surface area (Å²) in [6, 6.07) is 18.9. The molecule has 0 aliphatic carbocycles. The van der Waals surface area contributed by atoms with Gasteiger partial charge in [-0.25, -0.2) is 4.79 Å². The quantitative estimate of drug-likeness (QED) is 0.651. The lowest BCUT2D eigenvalue weighted by atomic mass is 9.95. The Morgan fingerprint density at radius 1 is 0.935 bits per heavy atom. The summed E-state index contributed by atoms with van der Waals surface area (Å²) in [5, 5.41) is 0. The van der Waals surface area contributed by atoms with Gasteiger partial charge < -0.3 is 14.5 Å². The molecule has 166 valence electrons. The van der Waals surface area contributed by atoms with Crippen LogP contribution in [0.5, 0.6) is 0 Å². The topological polar surface area (TPSA) is 36.0 Å². The first-order valence-corrected chi connectivity index (χ1v) is 11.8. The van der Waals surface area contributed by atoms with Crippen molar-refractivity contribution in [1.82, 2.24) is 9.80 Å². The van der Waals surface area contributed by atoms with Gasteiger partial charge in [0.25, 0.3) is 0 Å². The third kappa shape index (κ3) is 5.59. The molecule has 5 nitrogen and oxygen atoms in total. The van der Waals surface area contributed by atoms with Gasteiger partial charge in [-0.1, -0.05) is 49.4 Å². The number of amides is 1. The molecule has 2 saturated heterocycles. The smallest absolute Gasteiger partial charge is 0.410 e. The van der Waals surface area contributed by atoms with Crippen LogP contribution in [0.1, 0.15) is 49.8 Å². The van der Waals surface area contributed by atoms with Crippen molar-refractivity contribution in [2.75, 3.05) is 44.2 Å². The Hall–Kier alpha value is -2.53. The first-order valence-electron chi connectivity index (χ1n) is 11.8. The molecule has 31 heavy (non-hydrogen) atoms. The number of piperazine rings is 1.